The minimum atomic E-state index is -3.63. The van der Waals surface area contributed by atoms with Gasteiger partial charge in [0.05, 0.1) is 24.7 Å². The lowest BCUT2D eigenvalue weighted by molar-refractivity contribution is -0.114. The molecule has 7 heteroatoms. The molecular weight excluding hydrogens is 364 g/mol. The van der Waals surface area contributed by atoms with Crippen molar-refractivity contribution in [1.82, 2.24) is 0 Å². The number of nitrogens with zero attached hydrogens (tertiary/aromatic N) is 1. The van der Waals surface area contributed by atoms with E-state index in [-0.39, 0.29) is 12.0 Å². The topological polar surface area (TPSA) is 75.7 Å². The Hall–Kier alpha value is -2.54. The van der Waals surface area contributed by atoms with Gasteiger partial charge in [0, 0.05) is 0 Å². The smallest absolute Gasteiger partial charge is 0.245 e. The molecule has 0 aromatic heterocycles. The van der Waals surface area contributed by atoms with E-state index < -0.39 is 15.9 Å². The van der Waals surface area contributed by atoms with Crippen LogP contribution >= 0.6 is 0 Å². The summed E-state index contributed by atoms with van der Waals surface area (Å²) in [5.74, 6) is 0.0520. The second-order valence-corrected chi connectivity index (χ2v) is 9.22. The number of rotatable bonds is 6. The molecule has 0 bridgehead atoms. The summed E-state index contributed by atoms with van der Waals surface area (Å²) in [6.07, 6.45) is 1.08. The summed E-state index contributed by atoms with van der Waals surface area (Å²) >= 11 is 0. The predicted octanol–water partition coefficient (Wildman–Crippen LogP) is 3.40. The lowest BCUT2D eigenvalue weighted by Crippen LogP contribution is -2.37. The molecule has 0 saturated heterocycles. The van der Waals surface area contributed by atoms with Gasteiger partial charge in [0.15, 0.2) is 0 Å². The summed E-state index contributed by atoms with van der Waals surface area (Å²) in [5, 5.41) is 2.70. The quantitative estimate of drug-likeness (QED) is 0.820. The fourth-order valence-corrected chi connectivity index (χ4v) is 3.45. The summed E-state index contributed by atoms with van der Waals surface area (Å²) in [7, 11) is -2.12. The average Bonchev–Trinajstić information content (AvgIpc) is 2.58. The second-order valence-electron chi connectivity index (χ2n) is 7.31. The third kappa shape index (κ3) is 5.47. The van der Waals surface area contributed by atoms with E-state index in [1.54, 1.807) is 36.4 Å². The first-order chi connectivity index (χ1) is 12.5. The largest absolute Gasteiger partial charge is 0.495 e. The number of para-hydroxylation sites is 2. The van der Waals surface area contributed by atoms with Gasteiger partial charge in [0.2, 0.25) is 15.9 Å². The van der Waals surface area contributed by atoms with Crippen LogP contribution in [0.3, 0.4) is 0 Å². The normalized spacial score (nSPS) is 11.7. The monoisotopic (exact) mass is 390 g/mol. The maximum absolute atomic E-state index is 12.5. The molecule has 0 heterocycles. The van der Waals surface area contributed by atoms with Crippen molar-refractivity contribution in [3.63, 3.8) is 0 Å². The number of amides is 1. The lowest BCUT2D eigenvalue weighted by Gasteiger charge is -2.24. The van der Waals surface area contributed by atoms with Crippen LogP contribution in [0.5, 0.6) is 5.75 Å². The van der Waals surface area contributed by atoms with Crippen LogP contribution in [0.4, 0.5) is 11.4 Å². The van der Waals surface area contributed by atoms with Crippen molar-refractivity contribution in [3.8, 4) is 5.75 Å². The number of methoxy groups -OCH3 is 1. The molecule has 27 heavy (non-hydrogen) atoms. The summed E-state index contributed by atoms with van der Waals surface area (Å²) in [6.45, 7) is 5.91. The van der Waals surface area contributed by atoms with E-state index >= 15 is 0 Å². The molecule has 2 rings (SSSR count). The van der Waals surface area contributed by atoms with Crippen LogP contribution in [-0.4, -0.2) is 34.2 Å². The number of nitrogens with one attached hydrogen (secondary N) is 1. The SMILES string of the molecule is COc1ccccc1NC(=O)CN(c1ccc(C(C)(C)C)cc1)S(C)(=O)=O. The van der Waals surface area contributed by atoms with E-state index in [1.165, 1.54) is 7.11 Å². The van der Waals surface area contributed by atoms with Crippen molar-refractivity contribution in [2.75, 3.05) is 29.5 Å². The first-order valence-corrected chi connectivity index (χ1v) is 10.4. The Morgan fingerprint density at radius 3 is 2.19 bits per heavy atom. The van der Waals surface area contributed by atoms with E-state index in [9.17, 15) is 13.2 Å². The Bertz CT molecular complexity index is 900. The number of hydrogen-bond acceptors (Lipinski definition) is 4. The molecular formula is C20H26N2O4S. The highest BCUT2D eigenvalue weighted by molar-refractivity contribution is 7.92. The van der Waals surface area contributed by atoms with E-state index in [2.05, 4.69) is 26.1 Å². The third-order valence-electron chi connectivity index (χ3n) is 4.09. The van der Waals surface area contributed by atoms with Crippen LogP contribution in [0.25, 0.3) is 0 Å². The van der Waals surface area contributed by atoms with Crippen molar-refractivity contribution in [1.29, 1.82) is 0 Å². The molecule has 146 valence electrons. The zero-order chi connectivity index (χ0) is 20.2. The van der Waals surface area contributed by atoms with Gasteiger partial charge in [-0.2, -0.15) is 0 Å². The van der Waals surface area contributed by atoms with Crippen LogP contribution in [-0.2, 0) is 20.2 Å². The number of hydrogen-bond donors (Lipinski definition) is 1. The maximum atomic E-state index is 12.5. The fraction of sp³-hybridized carbons (Fsp3) is 0.350. The van der Waals surface area contributed by atoms with Gasteiger partial charge in [-0.05, 0) is 35.2 Å². The number of benzene rings is 2. The van der Waals surface area contributed by atoms with Gasteiger partial charge < -0.3 is 10.1 Å². The molecule has 0 aliphatic rings. The molecule has 1 N–H and O–H groups in total. The first-order valence-electron chi connectivity index (χ1n) is 8.53. The molecule has 0 spiro atoms. The summed E-state index contributed by atoms with van der Waals surface area (Å²) in [5.41, 5.74) is 1.97. The summed E-state index contributed by atoms with van der Waals surface area (Å²) in [4.78, 5) is 12.5. The van der Waals surface area contributed by atoms with E-state index in [1.807, 2.05) is 12.1 Å². The molecule has 0 aliphatic heterocycles. The molecule has 0 aliphatic carbocycles. The molecule has 2 aromatic carbocycles. The van der Waals surface area contributed by atoms with Gasteiger partial charge >= 0.3 is 0 Å². The Morgan fingerprint density at radius 2 is 1.67 bits per heavy atom. The Labute approximate surface area is 161 Å². The first kappa shape index (κ1) is 20.8. The zero-order valence-corrected chi connectivity index (χ0v) is 17.1. The number of ether oxygens (including phenoxy) is 1. The van der Waals surface area contributed by atoms with Gasteiger partial charge in [-0.15, -0.1) is 0 Å². The molecule has 1 amide bonds. The van der Waals surface area contributed by atoms with Crippen LogP contribution < -0.4 is 14.4 Å². The van der Waals surface area contributed by atoms with Gasteiger partial charge in [0.25, 0.3) is 0 Å². The fourth-order valence-electron chi connectivity index (χ4n) is 2.60. The molecule has 2 aromatic rings. The van der Waals surface area contributed by atoms with E-state index in [4.69, 9.17) is 4.74 Å². The van der Waals surface area contributed by atoms with Gasteiger partial charge in [0.1, 0.15) is 12.3 Å². The maximum Gasteiger partial charge on any atom is 0.245 e. The Balaban J connectivity index is 2.24. The standard InChI is InChI=1S/C20H26N2O4S/c1-20(2,3)15-10-12-16(13-11-15)22(27(5,24)25)14-19(23)21-17-8-6-7-9-18(17)26-4/h6-13H,14H2,1-5H3,(H,21,23). The number of sulfonamides is 1. The van der Waals surface area contributed by atoms with Crippen molar-refractivity contribution in [3.05, 3.63) is 54.1 Å². The van der Waals surface area contributed by atoms with Gasteiger partial charge in [-0.1, -0.05) is 45.0 Å². The van der Waals surface area contributed by atoms with E-state index in [0.717, 1.165) is 16.1 Å². The Morgan fingerprint density at radius 1 is 1.07 bits per heavy atom. The van der Waals surface area contributed by atoms with Gasteiger partial charge in [-0.3, -0.25) is 9.10 Å². The van der Waals surface area contributed by atoms with Crippen molar-refractivity contribution in [2.45, 2.75) is 26.2 Å². The highest BCUT2D eigenvalue weighted by atomic mass is 32.2. The van der Waals surface area contributed by atoms with E-state index in [0.29, 0.717) is 17.1 Å². The minimum absolute atomic E-state index is 0.0459. The zero-order valence-electron chi connectivity index (χ0n) is 16.3. The highest BCUT2D eigenvalue weighted by Gasteiger charge is 2.22. The van der Waals surface area contributed by atoms with Gasteiger partial charge in [-0.25, -0.2) is 8.42 Å². The molecule has 0 saturated carbocycles. The average molecular weight is 391 g/mol. The van der Waals surface area contributed by atoms with Crippen LogP contribution in [0.15, 0.2) is 48.5 Å². The summed E-state index contributed by atoms with van der Waals surface area (Å²) < 4.78 is 30.8. The summed E-state index contributed by atoms with van der Waals surface area (Å²) in [6, 6.07) is 14.2. The Kier molecular flexibility index (Phi) is 6.15. The number of carbonyl (C=O) groups is 1. The van der Waals surface area contributed by atoms with Crippen molar-refractivity contribution in [2.24, 2.45) is 0 Å². The molecule has 0 fully saturated rings. The molecule has 0 atom stereocenters. The lowest BCUT2D eigenvalue weighted by atomic mass is 9.87. The third-order valence-corrected chi connectivity index (χ3v) is 5.23. The predicted molar refractivity (Wildman–Crippen MR) is 109 cm³/mol. The van der Waals surface area contributed by atoms with Crippen LogP contribution in [0, 0.1) is 0 Å². The highest BCUT2D eigenvalue weighted by Crippen LogP contribution is 2.26. The van der Waals surface area contributed by atoms with Crippen LogP contribution in [0.1, 0.15) is 26.3 Å². The van der Waals surface area contributed by atoms with Crippen molar-refractivity contribution < 1.29 is 17.9 Å². The van der Waals surface area contributed by atoms with Crippen LogP contribution in [0.2, 0.25) is 0 Å². The molecule has 0 unspecified atom stereocenters. The van der Waals surface area contributed by atoms with Crippen molar-refractivity contribution >= 4 is 27.3 Å². The minimum Gasteiger partial charge on any atom is -0.495 e. The number of anilines is 2. The molecule has 6 nitrogen and oxygen atoms in total. The number of carbonyl (C=O) groups excluding carboxylic acids is 1. The molecule has 0 radical (unpaired) electrons. The second kappa shape index (κ2) is 8.00.